The van der Waals surface area contributed by atoms with Crippen molar-refractivity contribution in [3.05, 3.63) is 52.9 Å². The predicted octanol–water partition coefficient (Wildman–Crippen LogP) is 3.65. The first-order valence-corrected chi connectivity index (χ1v) is 8.40. The molecule has 0 saturated heterocycles. The standard InChI is InChI=1S/C15H17ClN2O3S/c1-22-9-10-7-11(4-5-12(10)16)17-15(20)18-13(8-19)14-3-2-6-21-14/h2-7,13,19H,8-9H2,1H3,(H2,17,18,20). The molecule has 2 amide bonds. The molecule has 2 aromatic rings. The summed E-state index contributed by atoms with van der Waals surface area (Å²) >= 11 is 7.75. The number of benzene rings is 1. The smallest absolute Gasteiger partial charge is 0.319 e. The Labute approximate surface area is 138 Å². The van der Waals surface area contributed by atoms with E-state index in [1.54, 1.807) is 36.0 Å². The fraction of sp³-hybridized carbons (Fsp3) is 0.267. The van der Waals surface area contributed by atoms with Gasteiger partial charge in [0, 0.05) is 16.5 Å². The Hall–Kier alpha value is -1.63. The summed E-state index contributed by atoms with van der Waals surface area (Å²) in [6.45, 7) is -0.251. The Bertz CT molecular complexity index is 619. The molecule has 3 N–H and O–H groups in total. The van der Waals surface area contributed by atoms with Crippen LogP contribution in [-0.2, 0) is 5.75 Å². The average Bonchev–Trinajstić information content (AvgIpc) is 3.02. The lowest BCUT2D eigenvalue weighted by molar-refractivity contribution is 0.215. The van der Waals surface area contributed by atoms with E-state index in [4.69, 9.17) is 16.0 Å². The number of thioether (sulfide) groups is 1. The maximum atomic E-state index is 12.0. The van der Waals surface area contributed by atoms with E-state index < -0.39 is 12.1 Å². The van der Waals surface area contributed by atoms with Crippen molar-refractivity contribution >= 4 is 35.1 Å². The van der Waals surface area contributed by atoms with Gasteiger partial charge in [0.25, 0.3) is 0 Å². The highest BCUT2D eigenvalue weighted by molar-refractivity contribution is 7.97. The summed E-state index contributed by atoms with van der Waals surface area (Å²) in [5.74, 6) is 1.26. The van der Waals surface area contributed by atoms with Gasteiger partial charge in [-0.05, 0) is 42.2 Å². The van der Waals surface area contributed by atoms with Crippen LogP contribution in [0.4, 0.5) is 10.5 Å². The summed E-state index contributed by atoms with van der Waals surface area (Å²) in [7, 11) is 0. The molecule has 0 aliphatic heterocycles. The first-order valence-electron chi connectivity index (χ1n) is 6.63. The number of aliphatic hydroxyl groups is 1. The van der Waals surface area contributed by atoms with Crippen LogP contribution in [-0.4, -0.2) is 24.0 Å². The van der Waals surface area contributed by atoms with Gasteiger partial charge < -0.3 is 20.2 Å². The van der Waals surface area contributed by atoms with Crippen LogP contribution in [0.15, 0.2) is 41.0 Å². The molecule has 0 aliphatic rings. The first kappa shape index (κ1) is 16.7. The molecular formula is C15H17ClN2O3S. The summed E-state index contributed by atoms with van der Waals surface area (Å²) in [6.07, 6.45) is 3.48. The molecule has 2 rings (SSSR count). The number of anilines is 1. The van der Waals surface area contributed by atoms with Gasteiger partial charge in [0.05, 0.1) is 12.9 Å². The van der Waals surface area contributed by atoms with Gasteiger partial charge in [-0.15, -0.1) is 0 Å². The van der Waals surface area contributed by atoms with E-state index in [2.05, 4.69) is 10.6 Å². The molecule has 1 unspecified atom stereocenters. The second-order valence-electron chi connectivity index (χ2n) is 4.59. The maximum absolute atomic E-state index is 12.0. The Morgan fingerprint density at radius 1 is 1.45 bits per heavy atom. The van der Waals surface area contributed by atoms with Crippen LogP contribution in [0, 0.1) is 0 Å². The highest BCUT2D eigenvalue weighted by Crippen LogP contribution is 2.24. The van der Waals surface area contributed by atoms with Crippen molar-refractivity contribution in [3.63, 3.8) is 0 Å². The van der Waals surface area contributed by atoms with E-state index in [0.29, 0.717) is 16.5 Å². The average molecular weight is 341 g/mol. The van der Waals surface area contributed by atoms with E-state index in [9.17, 15) is 9.90 Å². The number of amides is 2. The third-order valence-corrected chi connectivity index (χ3v) is 3.95. The normalized spacial score (nSPS) is 12.0. The van der Waals surface area contributed by atoms with Crippen molar-refractivity contribution in [3.8, 4) is 0 Å². The zero-order valence-electron chi connectivity index (χ0n) is 12.0. The monoisotopic (exact) mass is 340 g/mol. The third kappa shape index (κ3) is 4.43. The largest absolute Gasteiger partial charge is 0.467 e. The van der Waals surface area contributed by atoms with Crippen LogP contribution in [0.5, 0.6) is 0 Å². The lowest BCUT2D eigenvalue weighted by atomic mass is 10.2. The quantitative estimate of drug-likeness (QED) is 0.750. The number of furan rings is 1. The van der Waals surface area contributed by atoms with Crippen LogP contribution in [0.2, 0.25) is 5.02 Å². The number of nitrogens with one attached hydrogen (secondary N) is 2. The van der Waals surface area contributed by atoms with E-state index in [1.807, 2.05) is 12.3 Å². The van der Waals surface area contributed by atoms with Crippen molar-refractivity contribution in [2.24, 2.45) is 0 Å². The Kier molecular flexibility index (Phi) is 6.18. The molecule has 0 spiro atoms. The van der Waals surface area contributed by atoms with Crippen molar-refractivity contribution in [2.75, 3.05) is 18.2 Å². The topological polar surface area (TPSA) is 74.5 Å². The molecule has 5 nitrogen and oxygen atoms in total. The number of hydrogen-bond donors (Lipinski definition) is 3. The molecule has 1 heterocycles. The Morgan fingerprint density at radius 3 is 2.91 bits per heavy atom. The zero-order chi connectivity index (χ0) is 15.9. The van der Waals surface area contributed by atoms with Gasteiger partial charge in [0.15, 0.2) is 0 Å². The fourth-order valence-electron chi connectivity index (χ4n) is 1.94. The molecule has 0 bridgehead atoms. The third-order valence-electron chi connectivity index (χ3n) is 2.98. The zero-order valence-corrected chi connectivity index (χ0v) is 13.6. The van der Waals surface area contributed by atoms with Gasteiger partial charge in [0.1, 0.15) is 11.8 Å². The molecule has 0 fully saturated rings. The van der Waals surface area contributed by atoms with E-state index >= 15 is 0 Å². The Morgan fingerprint density at radius 2 is 2.27 bits per heavy atom. The molecule has 22 heavy (non-hydrogen) atoms. The SMILES string of the molecule is CSCc1cc(NC(=O)NC(CO)c2ccco2)ccc1Cl. The molecule has 0 radical (unpaired) electrons. The number of aliphatic hydroxyl groups excluding tert-OH is 1. The number of carbonyl (C=O) groups is 1. The molecule has 0 saturated carbocycles. The van der Waals surface area contributed by atoms with Crippen LogP contribution in [0.25, 0.3) is 0 Å². The summed E-state index contributed by atoms with van der Waals surface area (Å²) < 4.78 is 5.18. The number of hydrogen-bond acceptors (Lipinski definition) is 4. The van der Waals surface area contributed by atoms with Crippen molar-refractivity contribution in [1.29, 1.82) is 0 Å². The molecule has 1 aromatic heterocycles. The van der Waals surface area contributed by atoms with Crippen LogP contribution in [0.1, 0.15) is 17.4 Å². The number of halogens is 1. The molecule has 0 aliphatic carbocycles. The number of rotatable bonds is 6. The molecule has 118 valence electrons. The number of carbonyl (C=O) groups excluding carboxylic acids is 1. The highest BCUT2D eigenvalue weighted by atomic mass is 35.5. The van der Waals surface area contributed by atoms with Gasteiger partial charge in [-0.2, -0.15) is 11.8 Å². The first-order chi connectivity index (χ1) is 10.6. The van der Waals surface area contributed by atoms with Gasteiger partial charge in [-0.1, -0.05) is 11.6 Å². The van der Waals surface area contributed by atoms with Gasteiger partial charge in [-0.3, -0.25) is 0 Å². The minimum absolute atomic E-state index is 0.251. The predicted molar refractivity (Wildman–Crippen MR) is 89.4 cm³/mol. The summed E-state index contributed by atoms with van der Waals surface area (Å²) in [5, 5.41) is 15.4. The van der Waals surface area contributed by atoms with Crippen LogP contribution >= 0.6 is 23.4 Å². The number of urea groups is 1. The summed E-state index contributed by atoms with van der Waals surface area (Å²) in [5.41, 5.74) is 1.60. The van der Waals surface area contributed by atoms with E-state index in [1.165, 1.54) is 6.26 Å². The van der Waals surface area contributed by atoms with E-state index in [0.717, 1.165) is 11.3 Å². The van der Waals surface area contributed by atoms with Gasteiger partial charge in [-0.25, -0.2) is 4.79 Å². The van der Waals surface area contributed by atoms with Crippen LogP contribution < -0.4 is 10.6 Å². The molecule has 7 heteroatoms. The van der Waals surface area contributed by atoms with Gasteiger partial charge in [0.2, 0.25) is 0 Å². The van der Waals surface area contributed by atoms with Crippen molar-refractivity contribution in [1.82, 2.24) is 5.32 Å². The lowest BCUT2D eigenvalue weighted by Crippen LogP contribution is -2.34. The second kappa shape index (κ2) is 8.12. The minimum Gasteiger partial charge on any atom is -0.467 e. The fourth-order valence-corrected chi connectivity index (χ4v) is 2.75. The van der Waals surface area contributed by atoms with Gasteiger partial charge >= 0.3 is 6.03 Å². The van der Waals surface area contributed by atoms with Crippen molar-refractivity contribution < 1.29 is 14.3 Å². The highest BCUT2D eigenvalue weighted by Gasteiger charge is 2.16. The second-order valence-corrected chi connectivity index (χ2v) is 5.86. The summed E-state index contributed by atoms with van der Waals surface area (Å²) in [6, 6.07) is 7.69. The lowest BCUT2D eigenvalue weighted by Gasteiger charge is -2.15. The van der Waals surface area contributed by atoms with E-state index in [-0.39, 0.29) is 6.61 Å². The molecule has 1 aromatic carbocycles. The van der Waals surface area contributed by atoms with Crippen LogP contribution in [0.3, 0.4) is 0 Å². The maximum Gasteiger partial charge on any atom is 0.319 e. The Balaban J connectivity index is 2.01. The summed E-state index contributed by atoms with van der Waals surface area (Å²) in [4.78, 5) is 12.0. The minimum atomic E-state index is -0.590. The molecular weight excluding hydrogens is 324 g/mol. The molecule has 1 atom stereocenters. The van der Waals surface area contributed by atoms with Crippen molar-refractivity contribution in [2.45, 2.75) is 11.8 Å².